The highest BCUT2D eigenvalue weighted by Crippen LogP contribution is 2.36. The van der Waals surface area contributed by atoms with Crippen molar-refractivity contribution in [3.05, 3.63) is 41.6 Å². The number of likely N-dealkylation sites (tertiary alicyclic amines) is 1. The van der Waals surface area contributed by atoms with Gasteiger partial charge in [0.25, 0.3) is 5.91 Å². The van der Waals surface area contributed by atoms with Crippen LogP contribution in [-0.4, -0.2) is 51.2 Å². The van der Waals surface area contributed by atoms with E-state index in [2.05, 4.69) is 4.98 Å². The van der Waals surface area contributed by atoms with Crippen molar-refractivity contribution in [2.45, 2.75) is 39.2 Å². The van der Waals surface area contributed by atoms with Crippen molar-refractivity contribution in [3.8, 4) is 0 Å². The Balaban J connectivity index is 1.98. The number of fused-ring (bicyclic) bond motifs is 1. The Morgan fingerprint density at radius 1 is 1.35 bits per heavy atom. The lowest BCUT2D eigenvalue weighted by atomic mass is 9.74. The zero-order valence-corrected chi connectivity index (χ0v) is 15.1. The van der Waals surface area contributed by atoms with Gasteiger partial charge in [0.15, 0.2) is 0 Å². The molecule has 1 fully saturated rings. The van der Waals surface area contributed by atoms with Gasteiger partial charge in [-0.2, -0.15) is 0 Å². The average molecular weight is 356 g/mol. The number of carboxylic acid groups (broad SMARTS) is 1. The van der Waals surface area contributed by atoms with Gasteiger partial charge in [0.1, 0.15) is 5.41 Å². The Morgan fingerprint density at radius 2 is 2.12 bits per heavy atom. The summed E-state index contributed by atoms with van der Waals surface area (Å²) in [5.74, 6) is -1.25. The molecule has 138 valence electrons. The van der Waals surface area contributed by atoms with Gasteiger partial charge in [-0.15, -0.1) is 0 Å². The number of aryl methyl sites for hydroxylation is 1. The molecule has 0 saturated carbocycles. The molecule has 1 aromatic carbocycles. The van der Waals surface area contributed by atoms with Crippen molar-refractivity contribution in [2.75, 3.05) is 13.1 Å². The van der Waals surface area contributed by atoms with E-state index in [0.717, 1.165) is 16.5 Å². The minimum atomic E-state index is -1.30. The van der Waals surface area contributed by atoms with Crippen molar-refractivity contribution in [3.63, 3.8) is 0 Å². The molecule has 2 N–H and O–H groups in total. The highest BCUT2D eigenvalue weighted by atomic mass is 16.4. The van der Waals surface area contributed by atoms with Gasteiger partial charge < -0.3 is 15.1 Å². The van der Waals surface area contributed by atoms with Crippen LogP contribution in [0.3, 0.4) is 0 Å². The molecule has 26 heavy (non-hydrogen) atoms. The SMILES string of the molecule is CCC[C@@]1(C(=O)O)CN(C(=O)c2ccnc3ccc(C)cc23)CC[C@H]1O. The first-order valence-corrected chi connectivity index (χ1v) is 8.95. The van der Waals surface area contributed by atoms with Crippen LogP contribution in [0.2, 0.25) is 0 Å². The predicted molar refractivity (Wildman–Crippen MR) is 98.0 cm³/mol. The molecule has 3 rings (SSSR count). The van der Waals surface area contributed by atoms with Gasteiger partial charge in [-0.1, -0.05) is 25.0 Å². The first-order valence-electron chi connectivity index (χ1n) is 8.95. The zero-order chi connectivity index (χ0) is 18.9. The maximum atomic E-state index is 13.2. The van der Waals surface area contributed by atoms with E-state index in [1.54, 1.807) is 17.2 Å². The second-order valence-electron chi connectivity index (χ2n) is 7.12. The van der Waals surface area contributed by atoms with Gasteiger partial charge in [0, 0.05) is 24.7 Å². The number of carbonyl (C=O) groups excluding carboxylic acids is 1. The number of benzene rings is 1. The number of carbonyl (C=O) groups is 2. The first kappa shape index (κ1) is 18.3. The Bertz CT molecular complexity index is 851. The lowest BCUT2D eigenvalue weighted by Crippen LogP contribution is -2.57. The van der Waals surface area contributed by atoms with E-state index in [9.17, 15) is 19.8 Å². The number of aliphatic carboxylic acids is 1. The maximum Gasteiger partial charge on any atom is 0.314 e. The Labute approximate surface area is 152 Å². The fraction of sp³-hybridized carbons (Fsp3) is 0.450. The Hall–Kier alpha value is -2.47. The van der Waals surface area contributed by atoms with Crippen LogP contribution in [0.1, 0.15) is 42.1 Å². The molecule has 1 aromatic heterocycles. The summed E-state index contributed by atoms with van der Waals surface area (Å²) in [7, 11) is 0. The van der Waals surface area contributed by atoms with Gasteiger partial charge >= 0.3 is 5.97 Å². The molecular formula is C20H24N2O4. The van der Waals surface area contributed by atoms with Gasteiger partial charge in [0.05, 0.1) is 17.2 Å². The summed E-state index contributed by atoms with van der Waals surface area (Å²) in [4.78, 5) is 31.0. The number of aliphatic hydroxyl groups is 1. The van der Waals surface area contributed by atoms with Crippen molar-refractivity contribution < 1.29 is 19.8 Å². The summed E-state index contributed by atoms with van der Waals surface area (Å²) in [6.45, 7) is 4.20. The molecule has 2 atom stereocenters. The monoisotopic (exact) mass is 356 g/mol. The normalized spacial score (nSPS) is 23.2. The minimum absolute atomic E-state index is 0.0196. The quantitative estimate of drug-likeness (QED) is 0.879. The van der Waals surface area contributed by atoms with Crippen LogP contribution < -0.4 is 0 Å². The van der Waals surface area contributed by atoms with Crippen molar-refractivity contribution in [1.29, 1.82) is 0 Å². The number of pyridine rings is 1. The second kappa shape index (κ2) is 7.03. The first-order chi connectivity index (χ1) is 12.4. The van der Waals surface area contributed by atoms with Crippen LogP contribution in [0.15, 0.2) is 30.5 Å². The number of nitrogens with zero attached hydrogens (tertiary/aromatic N) is 2. The number of aromatic nitrogens is 1. The standard InChI is InChI=1S/C20H24N2O4/c1-3-8-20(19(25)26)12-22(10-7-17(20)23)18(24)14-6-9-21-16-5-4-13(2)11-15(14)16/h4-6,9,11,17,23H,3,7-8,10,12H2,1-2H3,(H,25,26)/t17-,20-/m1/s1. The fourth-order valence-electron chi connectivity index (χ4n) is 3.88. The lowest BCUT2D eigenvalue weighted by molar-refractivity contribution is -0.162. The van der Waals surface area contributed by atoms with Crippen molar-refractivity contribution in [1.82, 2.24) is 9.88 Å². The lowest BCUT2D eigenvalue weighted by Gasteiger charge is -2.43. The van der Waals surface area contributed by atoms with E-state index in [0.29, 0.717) is 24.9 Å². The van der Waals surface area contributed by atoms with Crippen LogP contribution in [0, 0.1) is 12.3 Å². The smallest absolute Gasteiger partial charge is 0.314 e. The Kier molecular flexibility index (Phi) is 4.96. The predicted octanol–water partition coefficient (Wildman–Crippen LogP) is 2.62. The summed E-state index contributed by atoms with van der Waals surface area (Å²) >= 11 is 0. The third-order valence-corrected chi connectivity index (χ3v) is 5.32. The van der Waals surface area contributed by atoms with E-state index >= 15 is 0 Å². The summed E-state index contributed by atoms with van der Waals surface area (Å²) in [5.41, 5.74) is 0.975. The molecule has 1 aliphatic rings. The average Bonchev–Trinajstić information content (AvgIpc) is 2.62. The summed E-state index contributed by atoms with van der Waals surface area (Å²) in [6, 6.07) is 7.42. The molecular weight excluding hydrogens is 332 g/mol. The molecule has 0 aliphatic carbocycles. The second-order valence-corrected chi connectivity index (χ2v) is 7.12. The number of piperidine rings is 1. The molecule has 2 aromatic rings. The summed E-state index contributed by atoms with van der Waals surface area (Å²) in [5, 5.41) is 20.9. The molecule has 6 heteroatoms. The molecule has 1 saturated heterocycles. The zero-order valence-electron chi connectivity index (χ0n) is 15.1. The van der Waals surface area contributed by atoms with Gasteiger partial charge in [0.2, 0.25) is 0 Å². The molecule has 0 unspecified atom stereocenters. The molecule has 1 amide bonds. The van der Waals surface area contributed by atoms with Gasteiger partial charge in [-0.25, -0.2) is 0 Å². The maximum absolute atomic E-state index is 13.2. The molecule has 1 aliphatic heterocycles. The van der Waals surface area contributed by atoms with E-state index in [-0.39, 0.29) is 18.9 Å². The molecule has 6 nitrogen and oxygen atoms in total. The largest absolute Gasteiger partial charge is 0.481 e. The number of hydrogen-bond acceptors (Lipinski definition) is 4. The van der Waals surface area contributed by atoms with Gasteiger partial charge in [-0.05, 0) is 38.0 Å². The van der Waals surface area contributed by atoms with Crippen LogP contribution in [0.5, 0.6) is 0 Å². The highest BCUT2D eigenvalue weighted by molar-refractivity contribution is 6.06. The van der Waals surface area contributed by atoms with Crippen LogP contribution in [0.25, 0.3) is 10.9 Å². The van der Waals surface area contributed by atoms with Crippen LogP contribution in [0.4, 0.5) is 0 Å². The van der Waals surface area contributed by atoms with Crippen LogP contribution >= 0.6 is 0 Å². The summed E-state index contributed by atoms with van der Waals surface area (Å²) in [6.07, 6.45) is 1.88. The number of carboxylic acids is 1. The van der Waals surface area contributed by atoms with Crippen LogP contribution in [-0.2, 0) is 4.79 Å². The summed E-state index contributed by atoms with van der Waals surface area (Å²) < 4.78 is 0. The topological polar surface area (TPSA) is 90.7 Å². The minimum Gasteiger partial charge on any atom is -0.481 e. The van der Waals surface area contributed by atoms with Gasteiger partial charge in [-0.3, -0.25) is 14.6 Å². The highest BCUT2D eigenvalue weighted by Gasteiger charge is 2.49. The molecule has 2 heterocycles. The van der Waals surface area contributed by atoms with E-state index in [1.807, 2.05) is 32.0 Å². The van der Waals surface area contributed by atoms with E-state index < -0.39 is 17.5 Å². The molecule has 0 radical (unpaired) electrons. The third kappa shape index (κ3) is 3.05. The van der Waals surface area contributed by atoms with E-state index in [4.69, 9.17) is 0 Å². The van der Waals surface area contributed by atoms with Crippen molar-refractivity contribution >= 4 is 22.8 Å². The number of amides is 1. The van der Waals surface area contributed by atoms with Crippen molar-refractivity contribution in [2.24, 2.45) is 5.41 Å². The molecule has 0 bridgehead atoms. The Morgan fingerprint density at radius 3 is 2.81 bits per heavy atom. The molecule has 0 spiro atoms. The number of rotatable bonds is 4. The fourth-order valence-corrected chi connectivity index (χ4v) is 3.88. The third-order valence-electron chi connectivity index (χ3n) is 5.32. The number of hydrogen-bond donors (Lipinski definition) is 2. The van der Waals surface area contributed by atoms with E-state index in [1.165, 1.54) is 0 Å². The number of aliphatic hydroxyl groups excluding tert-OH is 1.